The van der Waals surface area contributed by atoms with Crippen LogP contribution in [-0.4, -0.2) is 26.4 Å². The van der Waals surface area contributed by atoms with Gasteiger partial charge in [-0.3, -0.25) is 10.1 Å². The van der Waals surface area contributed by atoms with Gasteiger partial charge in [-0.25, -0.2) is 17.6 Å². The summed E-state index contributed by atoms with van der Waals surface area (Å²) in [5.74, 6) is -1.96. The molecular formula is C21H16ClFN2O6S. The number of carbonyl (C=O) groups excluding carboxylic acids is 1. The van der Waals surface area contributed by atoms with Crippen molar-refractivity contribution >= 4 is 33.3 Å². The quantitative estimate of drug-likeness (QED) is 0.308. The van der Waals surface area contributed by atoms with Crippen LogP contribution in [-0.2, 0) is 14.8 Å². The first-order chi connectivity index (χ1) is 15.2. The number of nitrogens with one attached hydrogen (secondary N) is 1. The average molecular weight is 479 g/mol. The van der Waals surface area contributed by atoms with Gasteiger partial charge in [-0.1, -0.05) is 54.1 Å². The molecule has 0 bridgehead atoms. The van der Waals surface area contributed by atoms with E-state index in [1.807, 2.05) is 0 Å². The van der Waals surface area contributed by atoms with Crippen molar-refractivity contribution in [3.63, 3.8) is 0 Å². The molecular weight excluding hydrogens is 463 g/mol. The molecule has 1 atom stereocenters. The number of rotatable bonds is 7. The Labute approximate surface area is 187 Å². The van der Waals surface area contributed by atoms with Gasteiger partial charge in [0.25, 0.3) is 5.69 Å². The number of nitro benzene ring substituents is 1. The molecule has 0 saturated carbocycles. The summed E-state index contributed by atoms with van der Waals surface area (Å²) < 4.78 is 48.2. The fourth-order valence-electron chi connectivity index (χ4n) is 3.11. The maximum atomic E-state index is 14.7. The van der Waals surface area contributed by atoms with E-state index in [0.29, 0.717) is 5.56 Å². The number of nitrogens with zero attached hydrogens (tertiary/aromatic N) is 1. The molecule has 166 valence electrons. The minimum Gasteiger partial charge on any atom is -0.465 e. The highest BCUT2D eigenvalue weighted by Gasteiger charge is 2.33. The van der Waals surface area contributed by atoms with Crippen molar-refractivity contribution < 1.29 is 27.3 Å². The zero-order chi connectivity index (χ0) is 23.5. The largest absolute Gasteiger partial charge is 0.465 e. The Hall–Kier alpha value is -3.34. The highest BCUT2D eigenvalue weighted by atomic mass is 35.5. The summed E-state index contributed by atoms with van der Waals surface area (Å²) in [7, 11) is -3.61. The molecule has 3 aromatic rings. The van der Waals surface area contributed by atoms with Crippen molar-refractivity contribution in [3.05, 3.63) is 104 Å². The lowest BCUT2D eigenvalue weighted by molar-refractivity contribution is -0.385. The molecule has 0 radical (unpaired) electrons. The lowest BCUT2D eigenvalue weighted by atomic mass is 9.99. The van der Waals surface area contributed by atoms with E-state index in [-0.39, 0.29) is 10.6 Å². The maximum absolute atomic E-state index is 14.7. The number of halogens is 2. The molecule has 0 amide bonds. The van der Waals surface area contributed by atoms with Crippen LogP contribution in [0.25, 0.3) is 0 Å². The van der Waals surface area contributed by atoms with E-state index in [4.69, 9.17) is 11.6 Å². The van der Waals surface area contributed by atoms with Crippen LogP contribution in [0.2, 0.25) is 5.02 Å². The second-order valence-corrected chi connectivity index (χ2v) is 8.65. The molecule has 3 rings (SSSR count). The third kappa shape index (κ3) is 4.77. The highest BCUT2D eigenvalue weighted by molar-refractivity contribution is 7.89. The summed E-state index contributed by atoms with van der Waals surface area (Å²) in [5.41, 5.74) is -1.12. The van der Waals surface area contributed by atoms with Gasteiger partial charge in [0.1, 0.15) is 10.7 Å². The molecule has 32 heavy (non-hydrogen) atoms. The summed E-state index contributed by atoms with van der Waals surface area (Å²) in [5, 5.41) is 11.5. The van der Waals surface area contributed by atoms with E-state index in [1.54, 1.807) is 30.3 Å². The molecule has 8 nitrogen and oxygen atoms in total. The minimum atomic E-state index is -4.58. The fourth-order valence-corrected chi connectivity index (χ4v) is 4.69. The third-order valence-electron chi connectivity index (χ3n) is 4.56. The van der Waals surface area contributed by atoms with E-state index in [1.165, 1.54) is 12.1 Å². The monoisotopic (exact) mass is 478 g/mol. The normalized spacial score (nSPS) is 12.2. The zero-order valence-corrected chi connectivity index (χ0v) is 18.1. The number of carbonyl (C=O) groups is 1. The van der Waals surface area contributed by atoms with Crippen molar-refractivity contribution in [2.45, 2.75) is 10.9 Å². The summed E-state index contributed by atoms with van der Waals surface area (Å²) in [6.07, 6.45) is 0. The van der Waals surface area contributed by atoms with Crippen LogP contribution >= 0.6 is 11.6 Å². The van der Waals surface area contributed by atoms with Gasteiger partial charge in [0.05, 0.1) is 18.1 Å². The highest BCUT2D eigenvalue weighted by Crippen LogP contribution is 2.31. The molecule has 0 fully saturated rings. The number of benzene rings is 3. The Balaban J connectivity index is 2.18. The molecule has 0 saturated heterocycles. The lowest BCUT2D eigenvalue weighted by Gasteiger charge is -2.21. The molecule has 1 N–H and O–H groups in total. The van der Waals surface area contributed by atoms with Crippen molar-refractivity contribution in [2.24, 2.45) is 0 Å². The zero-order valence-electron chi connectivity index (χ0n) is 16.5. The summed E-state index contributed by atoms with van der Waals surface area (Å²) in [4.78, 5) is 22.1. The van der Waals surface area contributed by atoms with E-state index in [2.05, 4.69) is 9.46 Å². The van der Waals surface area contributed by atoms with Crippen LogP contribution < -0.4 is 4.72 Å². The van der Waals surface area contributed by atoms with Gasteiger partial charge in [-0.2, -0.15) is 4.72 Å². The average Bonchev–Trinajstić information content (AvgIpc) is 2.77. The van der Waals surface area contributed by atoms with Crippen molar-refractivity contribution in [1.29, 1.82) is 0 Å². The molecule has 1 unspecified atom stereocenters. The smallest absolute Gasteiger partial charge is 0.346 e. The number of hydrogen-bond acceptors (Lipinski definition) is 6. The molecule has 0 spiro atoms. The second-order valence-electron chi connectivity index (χ2n) is 6.53. The first-order valence-corrected chi connectivity index (χ1v) is 10.9. The summed E-state index contributed by atoms with van der Waals surface area (Å²) in [6.45, 7) is 0. The van der Waals surface area contributed by atoms with Gasteiger partial charge in [0.15, 0.2) is 5.56 Å². The van der Waals surface area contributed by atoms with Crippen molar-refractivity contribution in [1.82, 2.24) is 4.72 Å². The van der Waals surface area contributed by atoms with Crippen LogP contribution in [0, 0.1) is 15.9 Å². The minimum absolute atomic E-state index is 0.0331. The van der Waals surface area contributed by atoms with Gasteiger partial charge < -0.3 is 4.74 Å². The first-order valence-electron chi connectivity index (χ1n) is 9.03. The number of methoxy groups -OCH3 is 1. The van der Waals surface area contributed by atoms with Gasteiger partial charge in [0, 0.05) is 16.7 Å². The standard InChI is InChI=1S/C21H16ClFN2O6S/c1-31-21(26)19-17(25(27)28)8-5-9-18(19)32(29,30)24-20(13-6-3-2-4-7-13)15-11-10-14(22)12-16(15)23/h2-12,20,24H,1H3. The van der Waals surface area contributed by atoms with Crippen molar-refractivity contribution in [3.8, 4) is 0 Å². The molecule has 11 heteroatoms. The number of ether oxygens (including phenoxy) is 1. The molecule has 0 aliphatic carbocycles. The number of nitro groups is 1. The number of sulfonamides is 1. The topological polar surface area (TPSA) is 116 Å². The second kappa shape index (κ2) is 9.43. The van der Waals surface area contributed by atoms with Crippen molar-refractivity contribution in [2.75, 3.05) is 7.11 Å². The first kappa shape index (κ1) is 23.3. The summed E-state index contributed by atoms with van der Waals surface area (Å²) >= 11 is 5.82. The van der Waals surface area contributed by atoms with Crippen LogP contribution in [0.15, 0.2) is 71.6 Å². The van der Waals surface area contributed by atoms with E-state index in [9.17, 15) is 27.7 Å². The third-order valence-corrected chi connectivity index (χ3v) is 6.26. The molecule has 3 aromatic carbocycles. The molecule has 0 aliphatic heterocycles. The maximum Gasteiger partial charge on any atom is 0.346 e. The predicted molar refractivity (Wildman–Crippen MR) is 114 cm³/mol. The van der Waals surface area contributed by atoms with Crippen LogP contribution in [0.1, 0.15) is 27.5 Å². The Morgan fingerprint density at radius 2 is 1.81 bits per heavy atom. The summed E-state index contributed by atoms with van der Waals surface area (Å²) in [6, 6.07) is 13.8. The van der Waals surface area contributed by atoms with E-state index in [0.717, 1.165) is 31.4 Å². The molecule has 0 aliphatic rings. The van der Waals surface area contributed by atoms with E-state index >= 15 is 0 Å². The molecule has 0 aromatic heterocycles. The Morgan fingerprint density at radius 1 is 1.12 bits per heavy atom. The van der Waals surface area contributed by atoms with Crippen LogP contribution in [0.4, 0.5) is 10.1 Å². The van der Waals surface area contributed by atoms with Gasteiger partial charge in [-0.15, -0.1) is 0 Å². The van der Waals surface area contributed by atoms with E-state index < -0.39 is 48.9 Å². The van der Waals surface area contributed by atoms with Gasteiger partial charge in [-0.05, 0) is 23.8 Å². The Bertz CT molecular complexity index is 1280. The predicted octanol–water partition coefficient (Wildman–Crippen LogP) is 4.24. The molecule has 0 heterocycles. The van der Waals surface area contributed by atoms with Gasteiger partial charge >= 0.3 is 5.97 Å². The Morgan fingerprint density at radius 3 is 2.41 bits per heavy atom. The van der Waals surface area contributed by atoms with Crippen LogP contribution in [0.3, 0.4) is 0 Å². The SMILES string of the molecule is COC(=O)c1c([N+](=O)[O-])cccc1S(=O)(=O)NC(c1ccccc1)c1ccc(Cl)cc1F. The lowest BCUT2D eigenvalue weighted by Crippen LogP contribution is -2.31. The Kier molecular flexibility index (Phi) is 6.87. The number of esters is 1. The van der Waals surface area contributed by atoms with Crippen LogP contribution in [0.5, 0.6) is 0 Å². The number of hydrogen-bond donors (Lipinski definition) is 1. The fraction of sp³-hybridized carbons (Fsp3) is 0.0952. The van der Waals surface area contributed by atoms with Gasteiger partial charge in [0.2, 0.25) is 10.0 Å².